The molecule has 0 aliphatic carbocycles. The number of nitrogens with one attached hydrogen (secondary N) is 2. The molecule has 22 heavy (non-hydrogen) atoms. The van der Waals surface area contributed by atoms with Gasteiger partial charge in [0.15, 0.2) is 0 Å². The lowest BCUT2D eigenvalue weighted by Crippen LogP contribution is -2.38. The smallest absolute Gasteiger partial charge is 0.406 e. The minimum Gasteiger partial charge on any atom is -0.406 e. The van der Waals surface area contributed by atoms with Gasteiger partial charge in [0.2, 0.25) is 5.91 Å². The molecule has 1 aliphatic heterocycles. The summed E-state index contributed by atoms with van der Waals surface area (Å²) >= 11 is 0. The van der Waals surface area contributed by atoms with Crippen LogP contribution in [0.2, 0.25) is 0 Å². The van der Waals surface area contributed by atoms with E-state index in [2.05, 4.69) is 15.4 Å². The Bertz CT molecular complexity index is 483. The summed E-state index contributed by atoms with van der Waals surface area (Å²) in [6.07, 6.45) is -2.35. The van der Waals surface area contributed by atoms with Crippen molar-refractivity contribution in [2.24, 2.45) is 5.92 Å². The van der Waals surface area contributed by atoms with Crippen LogP contribution >= 0.6 is 0 Å². The third-order valence-electron chi connectivity index (χ3n) is 3.51. The molecule has 0 radical (unpaired) electrons. The molecule has 1 aromatic rings. The van der Waals surface area contributed by atoms with Crippen molar-refractivity contribution in [3.8, 4) is 5.75 Å². The maximum Gasteiger partial charge on any atom is 0.573 e. The number of halogens is 3. The standard InChI is InChI=1S/C15H19F3N2O2/c16-15(17,18)22-13-5-3-11(4-6-13)8-14(21)20-10-12-2-1-7-19-9-12/h3-6,12,19H,1-2,7-10H2,(H,20,21). The highest BCUT2D eigenvalue weighted by atomic mass is 19.4. The molecule has 0 saturated carbocycles. The predicted molar refractivity (Wildman–Crippen MR) is 75.4 cm³/mol. The first-order valence-corrected chi connectivity index (χ1v) is 7.24. The summed E-state index contributed by atoms with van der Waals surface area (Å²) in [4.78, 5) is 11.8. The summed E-state index contributed by atoms with van der Waals surface area (Å²) in [7, 11) is 0. The van der Waals surface area contributed by atoms with Crippen LogP contribution in [0, 0.1) is 5.92 Å². The van der Waals surface area contributed by atoms with Crippen LogP contribution in [0.3, 0.4) is 0 Å². The fourth-order valence-electron chi connectivity index (χ4n) is 2.41. The average Bonchev–Trinajstić information content (AvgIpc) is 2.47. The van der Waals surface area contributed by atoms with Gasteiger partial charge in [0.1, 0.15) is 5.75 Å². The molecule has 1 heterocycles. The number of carbonyl (C=O) groups is 1. The van der Waals surface area contributed by atoms with Crippen LogP contribution in [-0.4, -0.2) is 31.9 Å². The number of ether oxygens (including phenoxy) is 1. The van der Waals surface area contributed by atoms with Gasteiger partial charge in [-0.15, -0.1) is 13.2 Å². The highest BCUT2D eigenvalue weighted by Gasteiger charge is 2.30. The lowest BCUT2D eigenvalue weighted by molar-refractivity contribution is -0.274. The Hall–Kier alpha value is -1.76. The maximum absolute atomic E-state index is 12.0. The van der Waals surface area contributed by atoms with Crippen molar-refractivity contribution < 1.29 is 22.7 Å². The second kappa shape index (κ2) is 7.49. The number of hydrogen-bond donors (Lipinski definition) is 2. The Balaban J connectivity index is 1.76. The number of rotatable bonds is 5. The molecule has 0 bridgehead atoms. The van der Waals surface area contributed by atoms with Crippen molar-refractivity contribution in [1.29, 1.82) is 0 Å². The maximum atomic E-state index is 12.0. The highest BCUT2D eigenvalue weighted by Crippen LogP contribution is 2.22. The Morgan fingerprint density at radius 3 is 2.64 bits per heavy atom. The van der Waals surface area contributed by atoms with Gasteiger partial charge in [0, 0.05) is 6.54 Å². The third-order valence-corrected chi connectivity index (χ3v) is 3.51. The molecule has 1 atom stereocenters. The van der Waals surface area contributed by atoms with E-state index in [9.17, 15) is 18.0 Å². The SMILES string of the molecule is O=C(Cc1ccc(OC(F)(F)F)cc1)NCC1CCCNC1. The van der Waals surface area contributed by atoms with Crippen LogP contribution in [0.1, 0.15) is 18.4 Å². The lowest BCUT2D eigenvalue weighted by atomic mass is 10.00. The number of benzene rings is 1. The molecule has 0 spiro atoms. The van der Waals surface area contributed by atoms with Crippen LogP contribution in [0.4, 0.5) is 13.2 Å². The van der Waals surface area contributed by atoms with Crippen LogP contribution in [0.5, 0.6) is 5.75 Å². The molecule has 2 rings (SSSR count). The molecule has 1 aliphatic rings. The molecule has 1 unspecified atom stereocenters. The van der Waals surface area contributed by atoms with Gasteiger partial charge in [-0.25, -0.2) is 0 Å². The van der Waals surface area contributed by atoms with Gasteiger partial charge in [-0.3, -0.25) is 4.79 Å². The quantitative estimate of drug-likeness (QED) is 0.876. The summed E-state index contributed by atoms with van der Waals surface area (Å²) in [6, 6.07) is 5.34. The highest BCUT2D eigenvalue weighted by molar-refractivity contribution is 5.78. The fraction of sp³-hybridized carbons (Fsp3) is 0.533. The van der Waals surface area contributed by atoms with Crippen LogP contribution in [0.25, 0.3) is 0 Å². The Labute approximate surface area is 127 Å². The second-order valence-electron chi connectivity index (χ2n) is 5.38. The zero-order valence-electron chi connectivity index (χ0n) is 12.1. The molecule has 1 fully saturated rings. The minimum absolute atomic E-state index is 0.130. The molecule has 2 N–H and O–H groups in total. The number of hydrogen-bond acceptors (Lipinski definition) is 3. The Morgan fingerprint density at radius 1 is 1.32 bits per heavy atom. The van der Waals surface area contributed by atoms with Gasteiger partial charge in [-0.1, -0.05) is 12.1 Å². The van der Waals surface area contributed by atoms with Crippen LogP contribution < -0.4 is 15.4 Å². The van der Waals surface area contributed by atoms with E-state index in [-0.39, 0.29) is 18.1 Å². The molecule has 1 amide bonds. The number of carbonyl (C=O) groups excluding carboxylic acids is 1. The van der Waals surface area contributed by atoms with E-state index in [0.29, 0.717) is 18.0 Å². The van der Waals surface area contributed by atoms with Gasteiger partial charge >= 0.3 is 6.36 Å². The Morgan fingerprint density at radius 2 is 2.05 bits per heavy atom. The van der Waals surface area contributed by atoms with E-state index >= 15 is 0 Å². The largest absolute Gasteiger partial charge is 0.573 e. The molecule has 122 valence electrons. The molecule has 7 heteroatoms. The normalized spacial score (nSPS) is 18.8. The monoisotopic (exact) mass is 316 g/mol. The van der Waals surface area contributed by atoms with Gasteiger partial charge in [0.25, 0.3) is 0 Å². The number of piperidine rings is 1. The molecule has 4 nitrogen and oxygen atoms in total. The predicted octanol–water partition coefficient (Wildman–Crippen LogP) is 2.24. The third kappa shape index (κ3) is 5.93. The van der Waals surface area contributed by atoms with Gasteiger partial charge in [-0.05, 0) is 49.5 Å². The topological polar surface area (TPSA) is 50.4 Å². The molecular weight excluding hydrogens is 297 g/mol. The molecule has 1 saturated heterocycles. The molecular formula is C15H19F3N2O2. The van der Waals surface area contributed by atoms with E-state index in [1.165, 1.54) is 24.3 Å². The van der Waals surface area contributed by atoms with Crippen molar-refractivity contribution in [1.82, 2.24) is 10.6 Å². The van der Waals surface area contributed by atoms with Crippen LogP contribution in [0.15, 0.2) is 24.3 Å². The van der Waals surface area contributed by atoms with E-state index in [4.69, 9.17) is 0 Å². The van der Waals surface area contributed by atoms with Gasteiger partial charge in [-0.2, -0.15) is 0 Å². The molecule has 0 aromatic heterocycles. The first-order chi connectivity index (χ1) is 10.4. The molecule has 1 aromatic carbocycles. The summed E-state index contributed by atoms with van der Waals surface area (Å²) in [5.41, 5.74) is 0.647. The van der Waals surface area contributed by atoms with Crippen molar-refractivity contribution in [3.63, 3.8) is 0 Å². The number of alkyl halides is 3. The van der Waals surface area contributed by atoms with Crippen molar-refractivity contribution in [2.45, 2.75) is 25.6 Å². The average molecular weight is 316 g/mol. The summed E-state index contributed by atoms with van der Waals surface area (Å²) in [6.45, 7) is 2.56. The zero-order chi connectivity index (χ0) is 16.0. The van der Waals surface area contributed by atoms with Gasteiger partial charge < -0.3 is 15.4 Å². The van der Waals surface area contributed by atoms with E-state index < -0.39 is 6.36 Å². The van der Waals surface area contributed by atoms with Crippen LogP contribution in [-0.2, 0) is 11.2 Å². The summed E-state index contributed by atoms with van der Waals surface area (Å²) in [5.74, 6) is 0.0280. The van der Waals surface area contributed by atoms with E-state index in [1.807, 2.05) is 0 Å². The van der Waals surface area contributed by atoms with Crippen molar-refractivity contribution in [2.75, 3.05) is 19.6 Å². The summed E-state index contributed by atoms with van der Waals surface area (Å²) in [5, 5.41) is 6.14. The summed E-state index contributed by atoms with van der Waals surface area (Å²) < 4.78 is 39.9. The lowest BCUT2D eigenvalue weighted by Gasteiger charge is -2.22. The Kier molecular flexibility index (Phi) is 5.65. The van der Waals surface area contributed by atoms with Crippen molar-refractivity contribution in [3.05, 3.63) is 29.8 Å². The number of amides is 1. The first-order valence-electron chi connectivity index (χ1n) is 7.24. The van der Waals surface area contributed by atoms with E-state index in [0.717, 1.165) is 25.9 Å². The van der Waals surface area contributed by atoms with Crippen molar-refractivity contribution >= 4 is 5.91 Å². The first kappa shape index (κ1) is 16.6. The minimum atomic E-state index is -4.70. The van der Waals surface area contributed by atoms with E-state index in [1.54, 1.807) is 0 Å². The fourth-order valence-corrected chi connectivity index (χ4v) is 2.41. The zero-order valence-corrected chi connectivity index (χ0v) is 12.1. The van der Waals surface area contributed by atoms with Gasteiger partial charge in [0.05, 0.1) is 6.42 Å². The second-order valence-corrected chi connectivity index (χ2v) is 5.38.